The molecule has 2 N–H and O–H groups in total. The van der Waals surface area contributed by atoms with Gasteiger partial charge in [0.05, 0.1) is 22.4 Å². The van der Waals surface area contributed by atoms with E-state index in [-0.39, 0.29) is 11.9 Å². The van der Waals surface area contributed by atoms with E-state index >= 15 is 0 Å². The minimum Gasteiger partial charge on any atom is -0.391 e. The van der Waals surface area contributed by atoms with Crippen LogP contribution in [0.15, 0.2) is 30.6 Å². The zero-order chi connectivity index (χ0) is 19.0. The molecule has 0 radical (unpaired) electrons. The van der Waals surface area contributed by atoms with Gasteiger partial charge in [-0.2, -0.15) is 0 Å². The van der Waals surface area contributed by atoms with Crippen LogP contribution in [0.5, 0.6) is 0 Å². The van der Waals surface area contributed by atoms with Crippen molar-refractivity contribution in [1.82, 2.24) is 19.9 Å². The normalized spacial score (nSPS) is 18.0. The maximum atomic E-state index is 13.0. The van der Waals surface area contributed by atoms with Gasteiger partial charge in [0.25, 0.3) is 5.91 Å². The highest BCUT2D eigenvalue weighted by atomic mass is 32.1. The molecule has 2 atom stereocenters. The SMILES string of the molecule is Cc1cc2nc(N[C@@H](C)c3cccnc3)nc(C(=O)N3CCC(O)C3)c2s1. The van der Waals surface area contributed by atoms with Crippen molar-refractivity contribution in [3.63, 3.8) is 0 Å². The second-order valence-electron chi connectivity index (χ2n) is 6.81. The predicted octanol–water partition coefficient (Wildman–Crippen LogP) is 2.77. The second kappa shape index (κ2) is 7.21. The van der Waals surface area contributed by atoms with E-state index in [9.17, 15) is 9.90 Å². The number of anilines is 1. The van der Waals surface area contributed by atoms with Crippen LogP contribution in [-0.4, -0.2) is 50.1 Å². The molecule has 7 nitrogen and oxygen atoms in total. The van der Waals surface area contributed by atoms with Crippen molar-refractivity contribution < 1.29 is 9.90 Å². The number of likely N-dealkylation sites (tertiary alicyclic amines) is 1. The first kappa shape index (κ1) is 17.8. The van der Waals surface area contributed by atoms with Gasteiger partial charge in [-0.05, 0) is 38.0 Å². The van der Waals surface area contributed by atoms with E-state index in [0.717, 1.165) is 20.7 Å². The molecular formula is C19H21N5O2S. The fourth-order valence-electron chi connectivity index (χ4n) is 3.24. The van der Waals surface area contributed by atoms with E-state index in [2.05, 4.69) is 20.3 Å². The maximum absolute atomic E-state index is 13.0. The Labute approximate surface area is 161 Å². The Hall–Kier alpha value is -2.58. The number of hydrogen-bond donors (Lipinski definition) is 2. The summed E-state index contributed by atoms with van der Waals surface area (Å²) in [6, 6.07) is 5.78. The van der Waals surface area contributed by atoms with Crippen LogP contribution >= 0.6 is 11.3 Å². The number of carbonyl (C=O) groups is 1. The van der Waals surface area contributed by atoms with Crippen LogP contribution in [0.25, 0.3) is 10.2 Å². The molecule has 1 unspecified atom stereocenters. The first-order valence-electron chi connectivity index (χ1n) is 8.93. The molecule has 0 bridgehead atoms. The summed E-state index contributed by atoms with van der Waals surface area (Å²) in [5.74, 6) is 0.262. The summed E-state index contributed by atoms with van der Waals surface area (Å²) in [5.41, 5.74) is 2.17. The zero-order valence-electron chi connectivity index (χ0n) is 15.2. The third kappa shape index (κ3) is 3.63. The number of nitrogens with one attached hydrogen (secondary N) is 1. The van der Waals surface area contributed by atoms with Crippen LogP contribution in [0.1, 0.15) is 40.3 Å². The van der Waals surface area contributed by atoms with Crippen LogP contribution in [-0.2, 0) is 0 Å². The number of aromatic nitrogens is 3. The highest BCUT2D eigenvalue weighted by Crippen LogP contribution is 2.29. The molecule has 3 aromatic heterocycles. The number of amides is 1. The summed E-state index contributed by atoms with van der Waals surface area (Å²) in [4.78, 5) is 29.0. The molecule has 0 aliphatic carbocycles. The number of aryl methyl sites for hydroxylation is 1. The number of thiophene rings is 1. The lowest BCUT2D eigenvalue weighted by molar-refractivity contribution is 0.0761. The number of nitrogens with zero attached hydrogens (tertiary/aromatic N) is 4. The zero-order valence-corrected chi connectivity index (χ0v) is 16.0. The number of hydrogen-bond acceptors (Lipinski definition) is 7. The molecule has 1 aliphatic heterocycles. The average molecular weight is 383 g/mol. The number of aliphatic hydroxyl groups excluding tert-OH is 1. The number of carbonyl (C=O) groups excluding carboxylic acids is 1. The second-order valence-corrected chi connectivity index (χ2v) is 8.07. The topological polar surface area (TPSA) is 91.2 Å². The van der Waals surface area contributed by atoms with Crippen LogP contribution in [0.2, 0.25) is 0 Å². The standard InChI is InChI=1S/C19H21N5O2S/c1-11-8-15-17(27-11)16(18(26)24-7-5-14(25)10-24)23-19(22-15)21-12(2)13-4-3-6-20-9-13/h3-4,6,8-9,12,14,25H,5,7,10H2,1-2H3,(H,21,22,23)/t12-,14?/m0/s1. The van der Waals surface area contributed by atoms with E-state index < -0.39 is 6.10 Å². The van der Waals surface area contributed by atoms with Gasteiger partial charge < -0.3 is 15.3 Å². The third-order valence-electron chi connectivity index (χ3n) is 4.68. The number of rotatable bonds is 4. The molecule has 1 saturated heterocycles. The Morgan fingerprint density at radius 3 is 3.00 bits per heavy atom. The fraction of sp³-hybridized carbons (Fsp3) is 0.368. The van der Waals surface area contributed by atoms with Crippen molar-refractivity contribution >= 4 is 33.4 Å². The molecule has 4 heterocycles. The van der Waals surface area contributed by atoms with Gasteiger partial charge >= 0.3 is 0 Å². The minimum atomic E-state index is -0.459. The highest BCUT2D eigenvalue weighted by molar-refractivity contribution is 7.19. The molecule has 27 heavy (non-hydrogen) atoms. The lowest BCUT2D eigenvalue weighted by atomic mass is 10.1. The summed E-state index contributed by atoms with van der Waals surface area (Å²) < 4.78 is 0.790. The molecule has 0 aromatic carbocycles. The van der Waals surface area contributed by atoms with Crippen molar-refractivity contribution in [1.29, 1.82) is 0 Å². The van der Waals surface area contributed by atoms with E-state index in [1.54, 1.807) is 17.3 Å². The Kier molecular flexibility index (Phi) is 4.75. The van der Waals surface area contributed by atoms with Crippen LogP contribution < -0.4 is 5.32 Å². The Morgan fingerprint density at radius 2 is 2.30 bits per heavy atom. The quantitative estimate of drug-likeness (QED) is 0.720. The lowest BCUT2D eigenvalue weighted by Gasteiger charge is -2.17. The first-order chi connectivity index (χ1) is 13.0. The van der Waals surface area contributed by atoms with Crippen LogP contribution in [0.4, 0.5) is 5.95 Å². The molecule has 8 heteroatoms. The van der Waals surface area contributed by atoms with Gasteiger partial charge in [0, 0.05) is 30.4 Å². The molecule has 1 amide bonds. The maximum Gasteiger partial charge on any atom is 0.274 e. The first-order valence-corrected chi connectivity index (χ1v) is 9.75. The van der Waals surface area contributed by atoms with Crippen molar-refractivity contribution in [3.8, 4) is 0 Å². The number of fused-ring (bicyclic) bond motifs is 1. The molecule has 0 spiro atoms. The molecule has 1 aliphatic rings. The fourth-order valence-corrected chi connectivity index (χ4v) is 4.18. The highest BCUT2D eigenvalue weighted by Gasteiger charge is 2.28. The molecule has 3 aromatic rings. The molecule has 4 rings (SSSR count). The van der Waals surface area contributed by atoms with Crippen LogP contribution in [0, 0.1) is 6.92 Å². The summed E-state index contributed by atoms with van der Waals surface area (Å²) in [6.07, 6.45) is 3.67. The van der Waals surface area contributed by atoms with E-state index in [4.69, 9.17) is 0 Å². The van der Waals surface area contributed by atoms with Crippen molar-refractivity contribution in [2.45, 2.75) is 32.4 Å². The molecule has 1 fully saturated rings. The molecular weight excluding hydrogens is 362 g/mol. The van der Waals surface area contributed by atoms with E-state index in [1.165, 1.54) is 11.3 Å². The van der Waals surface area contributed by atoms with E-state index in [1.807, 2.05) is 32.0 Å². The Morgan fingerprint density at radius 1 is 1.44 bits per heavy atom. The van der Waals surface area contributed by atoms with Gasteiger partial charge in [-0.3, -0.25) is 9.78 Å². The summed E-state index contributed by atoms with van der Waals surface area (Å²) in [6.45, 7) is 4.89. The third-order valence-corrected chi connectivity index (χ3v) is 5.72. The van der Waals surface area contributed by atoms with Gasteiger partial charge in [-0.15, -0.1) is 11.3 Å². The average Bonchev–Trinajstić information content (AvgIpc) is 3.26. The van der Waals surface area contributed by atoms with Gasteiger partial charge in [-0.25, -0.2) is 9.97 Å². The van der Waals surface area contributed by atoms with Gasteiger partial charge in [-0.1, -0.05) is 6.07 Å². The van der Waals surface area contributed by atoms with Gasteiger partial charge in [0.2, 0.25) is 5.95 Å². The lowest BCUT2D eigenvalue weighted by Crippen LogP contribution is -2.30. The largest absolute Gasteiger partial charge is 0.391 e. The summed E-state index contributed by atoms with van der Waals surface area (Å²) in [5, 5.41) is 13.0. The van der Waals surface area contributed by atoms with Crippen molar-refractivity contribution in [2.75, 3.05) is 18.4 Å². The minimum absolute atomic E-state index is 0.0487. The Bertz CT molecular complexity index is 975. The smallest absolute Gasteiger partial charge is 0.274 e. The number of pyridine rings is 1. The predicted molar refractivity (Wildman–Crippen MR) is 105 cm³/mol. The molecule has 0 saturated carbocycles. The van der Waals surface area contributed by atoms with E-state index in [0.29, 0.717) is 31.2 Å². The van der Waals surface area contributed by atoms with Gasteiger partial charge in [0.1, 0.15) is 0 Å². The Balaban J connectivity index is 1.69. The van der Waals surface area contributed by atoms with Crippen molar-refractivity contribution in [3.05, 3.63) is 46.7 Å². The monoisotopic (exact) mass is 383 g/mol. The van der Waals surface area contributed by atoms with Gasteiger partial charge in [0.15, 0.2) is 5.69 Å². The summed E-state index contributed by atoms with van der Waals surface area (Å²) >= 11 is 1.52. The van der Waals surface area contributed by atoms with Crippen molar-refractivity contribution in [2.24, 2.45) is 0 Å². The van der Waals surface area contributed by atoms with Crippen LogP contribution in [0.3, 0.4) is 0 Å². The number of aliphatic hydroxyl groups is 1. The number of β-amino-alcohol motifs (C(OH)–C–C–N with tert-alkyl or cyclic N) is 1. The summed E-state index contributed by atoms with van der Waals surface area (Å²) in [7, 11) is 0. The molecule has 140 valence electrons.